The number of hydrogen-bond donors (Lipinski definition) is 1. The molecule has 1 aromatic carbocycles. The topological polar surface area (TPSA) is 70.8 Å². The molecule has 1 aromatic heterocycles. The van der Waals surface area contributed by atoms with Gasteiger partial charge < -0.3 is 19.4 Å². The minimum absolute atomic E-state index is 0.285. The number of cyclic esters (lactones) is 1. The highest BCUT2D eigenvalue weighted by Gasteiger charge is 2.29. The van der Waals surface area contributed by atoms with Crippen LogP contribution in [0.3, 0.4) is 0 Å². The average molecular weight is 337 g/mol. The Morgan fingerprint density at radius 1 is 1.39 bits per heavy atom. The predicted octanol–water partition coefficient (Wildman–Crippen LogP) is 2.24. The number of halogens is 1. The van der Waals surface area contributed by atoms with E-state index in [0.29, 0.717) is 41.0 Å². The van der Waals surface area contributed by atoms with Crippen LogP contribution in [0.2, 0.25) is 5.02 Å². The van der Waals surface area contributed by atoms with E-state index < -0.39 is 0 Å². The molecular formula is C15H17ClN4O3. The molecule has 3 heterocycles. The number of nitrogens with one attached hydrogen (secondary N) is 1. The lowest BCUT2D eigenvalue weighted by Crippen LogP contribution is -2.50. The van der Waals surface area contributed by atoms with E-state index in [2.05, 4.69) is 22.1 Å². The zero-order chi connectivity index (χ0) is 16.0. The number of anilines is 2. The zero-order valence-electron chi connectivity index (χ0n) is 12.7. The van der Waals surface area contributed by atoms with Crippen LogP contribution in [0, 0.1) is 0 Å². The summed E-state index contributed by atoms with van der Waals surface area (Å²) in [4.78, 5) is 20.1. The summed E-state index contributed by atoms with van der Waals surface area (Å²) in [5.74, 6) is 0. The fraction of sp³-hybridized carbons (Fsp3) is 0.467. The van der Waals surface area contributed by atoms with E-state index in [0.717, 1.165) is 19.6 Å². The predicted molar refractivity (Wildman–Crippen MR) is 87.4 cm³/mol. The van der Waals surface area contributed by atoms with Crippen molar-refractivity contribution >= 4 is 40.5 Å². The molecule has 8 heteroatoms. The number of piperazine rings is 1. The third-order valence-electron chi connectivity index (χ3n) is 4.22. The number of hydrogen-bond acceptors (Lipinski definition) is 6. The number of amides is 1. The number of benzene rings is 1. The molecule has 2 aliphatic heterocycles. The number of fused-ring (bicyclic) bond motifs is 1. The summed E-state index contributed by atoms with van der Waals surface area (Å²) in [6, 6.07) is 4.31. The minimum Gasteiger partial charge on any atom is -0.447 e. The third kappa shape index (κ3) is 2.49. The molecule has 7 nitrogen and oxygen atoms in total. The van der Waals surface area contributed by atoms with Crippen LogP contribution in [0.5, 0.6) is 0 Å². The first-order valence-electron chi connectivity index (χ1n) is 7.65. The van der Waals surface area contributed by atoms with Crippen molar-refractivity contribution in [1.29, 1.82) is 0 Å². The lowest BCUT2D eigenvalue weighted by Gasteiger charge is -2.32. The van der Waals surface area contributed by atoms with E-state index in [1.54, 1.807) is 12.1 Å². The van der Waals surface area contributed by atoms with Gasteiger partial charge in [0.1, 0.15) is 12.1 Å². The van der Waals surface area contributed by atoms with Crippen LogP contribution in [0.4, 0.5) is 16.5 Å². The van der Waals surface area contributed by atoms with Crippen molar-refractivity contribution in [3.63, 3.8) is 0 Å². The molecule has 1 amide bonds. The Morgan fingerprint density at radius 2 is 2.26 bits per heavy atom. The molecule has 2 aliphatic rings. The summed E-state index contributed by atoms with van der Waals surface area (Å²) < 4.78 is 11.0. The zero-order valence-corrected chi connectivity index (χ0v) is 13.5. The fourth-order valence-electron chi connectivity index (χ4n) is 3.03. The van der Waals surface area contributed by atoms with Gasteiger partial charge in [0.25, 0.3) is 6.01 Å². The van der Waals surface area contributed by atoms with Crippen LogP contribution in [-0.2, 0) is 4.74 Å². The Balaban J connectivity index is 1.80. The van der Waals surface area contributed by atoms with Crippen molar-refractivity contribution in [2.45, 2.75) is 13.0 Å². The summed E-state index contributed by atoms with van der Waals surface area (Å²) in [6.45, 7) is 5.55. The van der Waals surface area contributed by atoms with Gasteiger partial charge in [0.05, 0.1) is 12.2 Å². The Bertz CT molecular complexity index is 763. The van der Waals surface area contributed by atoms with E-state index in [-0.39, 0.29) is 12.1 Å². The van der Waals surface area contributed by atoms with E-state index >= 15 is 0 Å². The van der Waals surface area contributed by atoms with Gasteiger partial charge in [-0.3, -0.25) is 4.90 Å². The normalized spacial score (nSPS) is 22.0. The van der Waals surface area contributed by atoms with E-state index in [9.17, 15) is 4.79 Å². The quantitative estimate of drug-likeness (QED) is 0.907. The van der Waals surface area contributed by atoms with Crippen LogP contribution in [-0.4, -0.2) is 49.9 Å². The Labute approximate surface area is 138 Å². The maximum atomic E-state index is 11.9. The lowest BCUT2D eigenvalue weighted by molar-refractivity contribution is 0.181. The monoisotopic (exact) mass is 336 g/mol. The highest BCUT2D eigenvalue weighted by atomic mass is 35.5. The Morgan fingerprint density at radius 3 is 3.00 bits per heavy atom. The number of ether oxygens (including phenoxy) is 1. The summed E-state index contributed by atoms with van der Waals surface area (Å²) in [5, 5.41) is 3.85. The minimum atomic E-state index is -0.387. The third-order valence-corrected chi connectivity index (χ3v) is 4.44. The highest BCUT2D eigenvalue weighted by molar-refractivity contribution is 6.32. The SMILES string of the molecule is C[C@H]1CNCCN1c1nc2cc(Cl)cc(N3CCOC3=O)c2o1. The average Bonchev–Trinajstić information content (AvgIpc) is 3.13. The molecular weight excluding hydrogens is 320 g/mol. The van der Waals surface area contributed by atoms with Gasteiger partial charge in [0.2, 0.25) is 0 Å². The standard InChI is InChI=1S/C15H17ClN4O3/c1-9-8-17-2-3-19(9)14-18-11-6-10(16)7-12(13(11)23-14)20-4-5-22-15(20)21/h6-7,9,17H,2-5,8H2,1H3/t9-/m0/s1. The van der Waals surface area contributed by atoms with Gasteiger partial charge >= 0.3 is 6.09 Å². The van der Waals surface area contributed by atoms with E-state index in [1.165, 1.54) is 4.90 Å². The first kappa shape index (κ1) is 14.6. The van der Waals surface area contributed by atoms with Gasteiger partial charge in [0, 0.05) is 30.7 Å². The number of carbonyl (C=O) groups is 1. The number of oxazole rings is 1. The molecule has 2 saturated heterocycles. The number of rotatable bonds is 2. The molecule has 0 saturated carbocycles. The molecule has 0 bridgehead atoms. The molecule has 2 fully saturated rings. The second kappa shape index (κ2) is 5.58. The maximum Gasteiger partial charge on any atom is 0.414 e. The molecule has 122 valence electrons. The molecule has 4 rings (SSSR count). The van der Waals surface area contributed by atoms with Gasteiger partial charge in [0.15, 0.2) is 5.58 Å². The second-order valence-electron chi connectivity index (χ2n) is 5.78. The van der Waals surface area contributed by atoms with E-state index in [4.69, 9.17) is 20.8 Å². The molecule has 0 spiro atoms. The van der Waals surface area contributed by atoms with Gasteiger partial charge in [-0.25, -0.2) is 4.79 Å². The van der Waals surface area contributed by atoms with E-state index in [1.807, 2.05) is 0 Å². The van der Waals surface area contributed by atoms with Crippen LogP contribution in [0.1, 0.15) is 6.92 Å². The number of carbonyl (C=O) groups excluding carboxylic acids is 1. The van der Waals surface area contributed by atoms with Crippen molar-refractivity contribution in [1.82, 2.24) is 10.3 Å². The molecule has 0 unspecified atom stereocenters. The van der Waals surface area contributed by atoms with Gasteiger partial charge in [-0.05, 0) is 19.1 Å². The molecule has 0 radical (unpaired) electrons. The summed E-state index contributed by atoms with van der Waals surface area (Å²) in [5.41, 5.74) is 1.82. The highest BCUT2D eigenvalue weighted by Crippen LogP contribution is 2.35. The van der Waals surface area contributed by atoms with Crippen molar-refractivity contribution in [3.8, 4) is 0 Å². The first-order chi connectivity index (χ1) is 11.1. The van der Waals surface area contributed by atoms with Crippen molar-refractivity contribution in [2.24, 2.45) is 0 Å². The molecule has 1 N–H and O–H groups in total. The summed E-state index contributed by atoms with van der Waals surface area (Å²) in [6.07, 6.45) is -0.387. The van der Waals surface area contributed by atoms with Gasteiger partial charge in [-0.15, -0.1) is 0 Å². The molecule has 0 aliphatic carbocycles. The Kier molecular flexibility index (Phi) is 3.54. The molecule has 1 atom stereocenters. The Hall–Kier alpha value is -1.99. The smallest absolute Gasteiger partial charge is 0.414 e. The fourth-order valence-corrected chi connectivity index (χ4v) is 3.24. The van der Waals surface area contributed by atoms with Gasteiger partial charge in [-0.2, -0.15) is 4.98 Å². The summed E-state index contributed by atoms with van der Waals surface area (Å²) >= 11 is 6.19. The first-order valence-corrected chi connectivity index (χ1v) is 8.03. The largest absolute Gasteiger partial charge is 0.447 e. The van der Waals surface area contributed by atoms with Crippen molar-refractivity contribution in [3.05, 3.63) is 17.2 Å². The lowest BCUT2D eigenvalue weighted by atomic mass is 10.2. The van der Waals surface area contributed by atoms with Crippen LogP contribution in [0.15, 0.2) is 16.5 Å². The van der Waals surface area contributed by atoms with Gasteiger partial charge in [-0.1, -0.05) is 11.6 Å². The molecule has 23 heavy (non-hydrogen) atoms. The van der Waals surface area contributed by atoms with Crippen molar-refractivity contribution in [2.75, 3.05) is 42.6 Å². The molecule has 2 aromatic rings. The maximum absolute atomic E-state index is 11.9. The number of nitrogens with zero attached hydrogens (tertiary/aromatic N) is 3. The summed E-state index contributed by atoms with van der Waals surface area (Å²) in [7, 11) is 0. The van der Waals surface area contributed by atoms with Crippen LogP contribution in [0.25, 0.3) is 11.1 Å². The van der Waals surface area contributed by atoms with Crippen molar-refractivity contribution < 1.29 is 13.9 Å². The second-order valence-corrected chi connectivity index (χ2v) is 6.22. The van der Waals surface area contributed by atoms with Crippen LogP contribution >= 0.6 is 11.6 Å². The number of aromatic nitrogens is 1. The van der Waals surface area contributed by atoms with Crippen LogP contribution < -0.4 is 15.1 Å².